The van der Waals surface area contributed by atoms with Gasteiger partial charge < -0.3 is 20.7 Å². The van der Waals surface area contributed by atoms with E-state index in [9.17, 15) is 14.0 Å². The van der Waals surface area contributed by atoms with Crippen LogP contribution in [0.25, 0.3) is 0 Å². The Labute approximate surface area is 158 Å². The first-order valence-corrected chi connectivity index (χ1v) is 8.83. The fourth-order valence-corrected chi connectivity index (χ4v) is 2.60. The number of ether oxygens (including phenoxy) is 1. The van der Waals surface area contributed by atoms with Crippen LogP contribution in [0.1, 0.15) is 40.5 Å². The first-order chi connectivity index (χ1) is 12.6. The van der Waals surface area contributed by atoms with Gasteiger partial charge in [0.25, 0.3) is 0 Å². The van der Waals surface area contributed by atoms with Gasteiger partial charge in [-0.25, -0.2) is 9.18 Å². The number of nitriles is 1. The second-order valence-corrected chi connectivity index (χ2v) is 7.69. The van der Waals surface area contributed by atoms with E-state index >= 15 is 0 Å². The van der Waals surface area contributed by atoms with Crippen LogP contribution < -0.4 is 16.0 Å². The number of benzene rings is 1. The summed E-state index contributed by atoms with van der Waals surface area (Å²) in [6.45, 7) is 6.71. The Morgan fingerprint density at radius 2 is 1.96 bits per heavy atom. The summed E-state index contributed by atoms with van der Waals surface area (Å²) in [7, 11) is 0. The Kier molecular flexibility index (Phi) is 6.26. The van der Waals surface area contributed by atoms with E-state index in [1.54, 1.807) is 20.8 Å². The maximum absolute atomic E-state index is 13.6. The van der Waals surface area contributed by atoms with Crippen molar-refractivity contribution in [3.05, 3.63) is 24.0 Å². The highest BCUT2D eigenvalue weighted by molar-refractivity contribution is 5.98. The van der Waals surface area contributed by atoms with Crippen LogP contribution >= 0.6 is 0 Å². The number of hydrogen-bond acceptors (Lipinski definition) is 5. The molecule has 0 bridgehead atoms. The van der Waals surface area contributed by atoms with Crippen molar-refractivity contribution in [2.24, 2.45) is 5.92 Å². The first kappa shape index (κ1) is 20.5. The molecule has 1 fully saturated rings. The van der Waals surface area contributed by atoms with E-state index in [4.69, 9.17) is 10.00 Å². The zero-order chi connectivity index (χ0) is 20.2. The van der Waals surface area contributed by atoms with Crippen molar-refractivity contribution in [1.29, 1.82) is 5.26 Å². The molecule has 0 aromatic heterocycles. The van der Waals surface area contributed by atoms with Gasteiger partial charge in [-0.1, -0.05) is 0 Å². The fraction of sp³-hybridized carbons (Fsp3) is 0.526. The normalized spacial score (nSPS) is 19.9. The van der Waals surface area contributed by atoms with Crippen LogP contribution in [0.5, 0.6) is 0 Å². The van der Waals surface area contributed by atoms with Crippen LogP contribution in [0, 0.1) is 23.1 Å². The first-order valence-electron chi connectivity index (χ1n) is 8.83. The summed E-state index contributed by atoms with van der Waals surface area (Å²) in [5, 5.41) is 17.1. The molecule has 0 spiro atoms. The van der Waals surface area contributed by atoms with E-state index in [0.29, 0.717) is 24.2 Å². The summed E-state index contributed by atoms with van der Waals surface area (Å²) in [5.74, 6) is -0.891. The van der Waals surface area contributed by atoms with Gasteiger partial charge in [-0.05, 0) is 58.7 Å². The van der Waals surface area contributed by atoms with Crippen LogP contribution in [0.4, 0.5) is 20.6 Å². The molecule has 0 radical (unpaired) electrons. The molecule has 0 aliphatic heterocycles. The lowest BCUT2D eigenvalue weighted by molar-refractivity contribution is -0.117. The van der Waals surface area contributed by atoms with Gasteiger partial charge >= 0.3 is 6.09 Å². The number of carbonyl (C=O) groups excluding carboxylic acids is 2. The maximum Gasteiger partial charge on any atom is 0.408 e. The average molecular weight is 376 g/mol. The molecule has 146 valence electrons. The molecular formula is C19H25FN4O3. The lowest BCUT2D eigenvalue weighted by Gasteiger charge is -2.32. The van der Waals surface area contributed by atoms with E-state index < -0.39 is 29.5 Å². The molecule has 27 heavy (non-hydrogen) atoms. The second kappa shape index (κ2) is 8.25. The SMILES string of the molecule is C[C@H](NC(=O)OC(C)(C)C)C(=O)Nc1ccc(F)cc1NC1CC(C#N)C1. The Morgan fingerprint density at radius 3 is 2.56 bits per heavy atom. The summed E-state index contributed by atoms with van der Waals surface area (Å²) in [4.78, 5) is 24.2. The van der Waals surface area contributed by atoms with Gasteiger partial charge in [-0.15, -0.1) is 0 Å². The molecule has 3 N–H and O–H groups in total. The molecule has 0 heterocycles. The van der Waals surface area contributed by atoms with Gasteiger partial charge in [0, 0.05) is 6.04 Å². The molecule has 1 saturated carbocycles. The topological polar surface area (TPSA) is 103 Å². The van der Waals surface area contributed by atoms with Crippen molar-refractivity contribution in [2.45, 2.75) is 58.2 Å². The monoisotopic (exact) mass is 376 g/mol. The molecule has 0 saturated heterocycles. The number of nitrogens with zero attached hydrogens (tertiary/aromatic N) is 1. The molecule has 1 aliphatic rings. The van der Waals surface area contributed by atoms with Gasteiger partial charge in [0.05, 0.1) is 23.4 Å². The fourth-order valence-electron chi connectivity index (χ4n) is 2.60. The third-order valence-electron chi connectivity index (χ3n) is 4.05. The zero-order valence-electron chi connectivity index (χ0n) is 15.9. The van der Waals surface area contributed by atoms with Gasteiger partial charge in [0.2, 0.25) is 5.91 Å². The number of amides is 2. The average Bonchev–Trinajstić information content (AvgIpc) is 2.50. The van der Waals surface area contributed by atoms with Crippen LogP contribution in [0.2, 0.25) is 0 Å². The molecule has 1 aliphatic carbocycles. The van der Waals surface area contributed by atoms with Crippen molar-refractivity contribution in [3.8, 4) is 6.07 Å². The summed E-state index contributed by atoms with van der Waals surface area (Å²) in [6, 6.07) is 5.39. The lowest BCUT2D eigenvalue weighted by atomic mass is 9.81. The van der Waals surface area contributed by atoms with Crippen molar-refractivity contribution in [3.63, 3.8) is 0 Å². The van der Waals surface area contributed by atoms with Crippen LogP contribution in [-0.4, -0.2) is 29.7 Å². The Hall–Kier alpha value is -2.82. The van der Waals surface area contributed by atoms with E-state index in [1.165, 1.54) is 25.1 Å². The number of halogens is 1. The standard InChI is InChI=1S/C19H25FN4O3/c1-11(22-18(26)27-19(2,3)4)17(25)24-15-6-5-13(20)9-16(15)23-14-7-12(8-14)10-21/h5-6,9,11-12,14,23H,7-8H2,1-4H3,(H,22,26)(H,24,25)/t11-,12?,14?/m0/s1. The third kappa shape index (κ3) is 6.13. The highest BCUT2D eigenvalue weighted by atomic mass is 19.1. The van der Waals surface area contributed by atoms with Crippen LogP contribution in [0.15, 0.2) is 18.2 Å². The highest BCUT2D eigenvalue weighted by Gasteiger charge is 2.29. The highest BCUT2D eigenvalue weighted by Crippen LogP contribution is 2.32. The van der Waals surface area contributed by atoms with E-state index in [2.05, 4.69) is 22.0 Å². The van der Waals surface area contributed by atoms with Crippen molar-refractivity contribution in [1.82, 2.24) is 5.32 Å². The maximum atomic E-state index is 13.6. The molecule has 2 rings (SSSR count). The van der Waals surface area contributed by atoms with Gasteiger partial charge in [0.15, 0.2) is 0 Å². The molecule has 7 nitrogen and oxygen atoms in total. The predicted octanol–water partition coefficient (Wildman–Crippen LogP) is 3.39. The van der Waals surface area contributed by atoms with Crippen molar-refractivity contribution < 1.29 is 18.7 Å². The zero-order valence-corrected chi connectivity index (χ0v) is 15.9. The molecule has 2 amide bonds. The number of anilines is 2. The smallest absolute Gasteiger partial charge is 0.408 e. The van der Waals surface area contributed by atoms with Crippen molar-refractivity contribution >= 4 is 23.4 Å². The minimum atomic E-state index is -0.843. The number of carbonyl (C=O) groups is 2. The summed E-state index contributed by atoms with van der Waals surface area (Å²) in [5.41, 5.74) is 0.173. The molecule has 1 atom stereocenters. The summed E-state index contributed by atoms with van der Waals surface area (Å²) in [6.07, 6.45) is 0.660. The largest absolute Gasteiger partial charge is 0.444 e. The Bertz CT molecular complexity index is 748. The van der Waals surface area contributed by atoms with Gasteiger partial charge in [-0.2, -0.15) is 5.26 Å². The summed E-state index contributed by atoms with van der Waals surface area (Å²) >= 11 is 0. The molecule has 0 unspecified atom stereocenters. The summed E-state index contributed by atoms with van der Waals surface area (Å²) < 4.78 is 18.7. The third-order valence-corrected chi connectivity index (χ3v) is 4.05. The Morgan fingerprint density at radius 1 is 1.30 bits per heavy atom. The second-order valence-electron chi connectivity index (χ2n) is 7.69. The van der Waals surface area contributed by atoms with Crippen LogP contribution in [-0.2, 0) is 9.53 Å². The molecule has 8 heteroatoms. The number of rotatable bonds is 5. The number of alkyl carbamates (subject to hydrolysis) is 1. The predicted molar refractivity (Wildman–Crippen MR) is 99.6 cm³/mol. The number of hydrogen-bond donors (Lipinski definition) is 3. The molecule has 1 aromatic rings. The van der Waals surface area contributed by atoms with E-state index in [0.717, 1.165) is 0 Å². The minimum Gasteiger partial charge on any atom is -0.444 e. The molecular weight excluding hydrogens is 351 g/mol. The van der Waals surface area contributed by atoms with E-state index in [1.807, 2.05) is 0 Å². The lowest BCUT2D eigenvalue weighted by Crippen LogP contribution is -2.44. The van der Waals surface area contributed by atoms with Crippen molar-refractivity contribution in [2.75, 3.05) is 10.6 Å². The minimum absolute atomic E-state index is 0.00662. The van der Waals surface area contributed by atoms with Crippen LogP contribution in [0.3, 0.4) is 0 Å². The van der Waals surface area contributed by atoms with Gasteiger partial charge in [0.1, 0.15) is 17.5 Å². The van der Waals surface area contributed by atoms with E-state index in [-0.39, 0.29) is 12.0 Å². The quantitative estimate of drug-likeness (QED) is 0.731. The van der Waals surface area contributed by atoms with Gasteiger partial charge in [-0.3, -0.25) is 4.79 Å². The Balaban J connectivity index is 1.98. The molecule has 1 aromatic carbocycles. The number of nitrogens with one attached hydrogen (secondary N) is 3.